The van der Waals surface area contributed by atoms with E-state index in [1.54, 1.807) is 11.8 Å². The van der Waals surface area contributed by atoms with Gasteiger partial charge in [0.25, 0.3) is 5.91 Å². The Hall–Kier alpha value is -1.78. The van der Waals surface area contributed by atoms with E-state index in [-0.39, 0.29) is 5.91 Å². The van der Waals surface area contributed by atoms with Crippen molar-refractivity contribution in [2.45, 2.75) is 31.2 Å². The lowest BCUT2D eigenvalue weighted by Crippen LogP contribution is -3.08. The molecule has 0 saturated heterocycles. The minimum atomic E-state index is 0.0568. The molecular formula is C20H27N2OS+. The Morgan fingerprint density at radius 1 is 1.12 bits per heavy atom. The van der Waals surface area contributed by atoms with Crippen molar-refractivity contribution in [1.29, 1.82) is 0 Å². The number of para-hydroxylation sites is 1. The average molecular weight is 344 g/mol. The van der Waals surface area contributed by atoms with Gasteiger partial charge in [-0.2, -0.15) is 0 Å². The first-order chi connectivity index (χ1) is 11.5. The molecule has 0 heterocycles. The number of carbonyl (C=O) groups excluding carboxylic acids is 1. The average Bonchev–Trinajstić information content (AvgIpc) is 2.55. The maximum Gasteiger partial charge on any atom is 0.279 e. The van der Waals surface area contributed by atoms with E-state index in [0.29, 0.717) is 12.5 Å². The summed E-state index contributed by atoms with van der Waals surface area (Å²) < 4.78 is 0. The minimum Gasteiger partial charge on any atom is -0.326 e. The molecule has 0 aromatic heterocycles. The number of likely N-dealkylation sites (N-methyl/N-ethyl adjacent to an activating group) is 1. The minimum absolute atomic E-state index is 0.0568. The lowest BCUT2D eigenvalue weighted by atomic mass is 10.0. The second kappa shape index (κ2) is 8.90. The summed E-state index contributed by atoms with van der Waals surface area (Å²) in [6, 6.07) is 16.6. The lowest BCUT2D eigenvalue weighted by molar-refractivity contribution is -0.885. The van der Waals surface area contributed by atoms with Crippen LogP contribution >= 0.6 is 11.8 Å². The zero-order valence-corrected chi connectivity index (χ0v) is 15.7. The second-order valence-electron chi connectivity index (χ2n) is 6.45. The summed E-state index contributed by atoms with van der Waals surface area (Å²) in [6.45, 7) is 5.58. The molecule has 0 aliphatic carbocycles. The Labute approximate surface area is 149 Å². The molecule has 1 atom stereocenters. The molecule has 0 radical (unpaired) electrons. The summed E-state index contributed by atoms with van der Waals surface area (Å²) in [6.07, 6.45) is 2.08. The van der Waals surface area contributed by atoms with Gasteiger partial charge < -0.3 is 10.2 Å². The summed E-state index contributed by atoms with van der Waals surface area (Å²) in [7, 11) is 2.05. The van der Waals surface area contributed by atoms with Crippen LogP contribution in [0.5, 0.6) is 0 Å². The van der Waals surface area contributed by atoms with Crippen LogP contribution in [0.4, 0.5) is 5.69 Å². The van der Waals surface area contributed by atoms with Crippen molar-refractivity contribution in [2.24, 2.45) is 0 Å². The number of hydrogen-bond donors (Lipinski definition) is 2. The summed E-state index contributed by atoms with van der Waals surface area (Å²) in [5.74, 6) is 0.447. The lowest BCUT2D eigenvalue weighted by Gasteiger charge is -2.16. The molecule has 1 unspecified atom stereocenters. The number of nitrogens with one attached hydrogen (secondary N) is 2. The number of carbonyl (C=O) groups is 1. The van der Waals surface area contributed by atoms with Crippen LogP contribution in [0.15, 0.2) is 53.4 Å². The molecule has 0 spiro atoms. The molecule has 2 N–H and O–H groups in total. The van der Waals surface area contributed by atoms with Crippen LogP contribution in [0.3, 0.4) is 0 Å². The van der Waals surface area contributed by atoms with Gasteiger partial charge in [-0.05, 0) is 35.9 Å². The quantitative estimate of drug-likeness (QED) is 0.757. The third-order valence-electron chi connectivity index (χ3n) is 3.98. The van der Waals surface area contributed by atoms with Crippen LogP contribution in [-0.2, 0) is 11.3 Å². The first-order valence-electron chi connectivity index (χ1n) is 8.32. The third kappa shape index (κ3) is 5.39. The molecular weight excluding hydrogens is 316 g/mol. The number of anilines is 1. The fourth-order valence-electron chi connectivity index (χ4n) is 2.74. The number of hydrogen-bond acceptors (Lipinski definition) is 2. The molecule has 0 saturated carbocycles. The number of benzene rings is 2. The van der Waals surface area contributed by atoms with Crippen molar-refractivity contribution in [3.8, 4) is 0 Å². The first kappa shape index (κ1) is 18.6. The van der Waals surface area contributed by atoms with Gasteiger partial charge >= 0.3 is 0 Å². The van der Waals surface area contributed by atoms with Crippen molar-refractivity contribution in [3.05, 3.63) is 59.7 Å². The molecule has 0 aliphatic rings. The van der Waals surface area contributed by atoms with E-state index in [1.165, 1.54) is 20.9 Å². The molecule has 4 heteroatoms. The van der Waals surface area contributed by atoms with Crippen LogP contribution in [0.2, 0.25) is 0 Å². The third-order valence-corrected chi connectivity index (χ3v) is 4.73. The maximum atomic E-state index is 12.4. The Bertz CT molecular complexity index is 668. The predicted octanol–water partition coefficient (Wildman–Crippen LogP) is 3.19. The van der Waals surface area contributed by atoms with E-state index in [1.807, 2.05) is 18.2 Å². The summed E-state index contributed by atoms with van der Waals surface area (Å²) in [5.41, 5.74) is 3.35. The zero-order chi connectivity index (χ0) is 17.5. The van der Waals surface area contributed by atoms with Crippen LogP contribution < -0.4 is 10.2 Å². The Morgan fingerprint density at radius 2 is 1.79 bits per heavy atom. The standard InChI is InChI=1S/C20H26N2OS/c1-15(2)18-7-5-6-8-19(18)21-20(23)14-22(3)13-16-9-11-17(24-4)12-10-16/h5-12,15H,13-14H2,1-4H3,(H,21,23)/p+1. The Balaban J connectivity index is 1.92. The van der Waals surface area contributed by atoms with Crippen molar-refractivity contribution in [3.63, 3.8) is 0 Å². The van der Waals surface area contributed by atoms with Crippen molar-refractivity contribution >= 4 is 23.4 Å². The van der Waals surface area contributed by atoms with Crippen LogP contribution in [0, 0.1) is 0 Å². The number of thioether (sulfide) groups is 1. The molecule has 3 nitrogen and oxygen atoms in total. The Morgan fingerprint density at radius 3 is 2.42 bits per heavy atom. The van der Waals surface area contributed by atoms with E-state index in [4.69, 9.17) is 0 Å². The van der Waals surface area contributed by atoms with Crippen molar-refractivity contribution in [1.82, 2.24) is 0 Å². The van der Waals surface area contributed by atoms with Gasteiger partial charge in [0.15, 0.2) is 6.54 Å². The summed E-state index contributed by atoms with van der Waals surface area (Å²) >= 11 is 1.74. The van der Waals surface area contributed by atoms with Crippen LogP contribution in [0.25, 0.3) is 0 Å². The fraction of sp³-hybridized carbons (Fsp3) is 0.350. The molecule has 24 heavy (non-hydrogen) atoms. The highest BCUT2D eigenvalue weighted by Gasteiger charge is 2.13. The largest absolute Gasteiger partial charge is 0.326 e. The predicted molar refractivity (Wildman–Crippen MR) is 103 cm³/mol. The van der Waals surface area contributed by atoms with Crippen LogP contribution in [-0.4, -0.2) is 25.8 Å². The topological polar surface area (TPSA) is 33.5 Å². The van der Waals surface area contributed by atoms with Crippen molar-refractivity contribution < 1.29 is 9.69 Å². The van der Waals surface area contributed by atoms with E-state index in [9.17, 15) is 4.79 Å². The molecule has 1 amide bonds. The Kier molecular flexibility index (Phi) is 6.88. The fourth-order valence-corrected chi connectivity index (χ4v) is 3.15. The molecule has 0 bridgehead atoms. The number of amides is 1. The van der Waals surface area contributed by atoms with Gasteiger partial charge in [0.2, 0.25) is 0 Å². The number of quaternary nitrogens is 1. The summed E-state index contributed by atoms with van der Waals surface area (Å²) in [4.78, 5) is 14.8. The normalized spacial score (nSPS) is 12.2. The maximum absolute atomic E-state index is 12.4. The van der Waals surface area contributed by atoms with Gasteiger partial charge in [-0.3, -0.25) is 4.79 Å². The smallest absolute Gasteiger partial charge is 0.279 e. The summed E-state index contributed by atoms with van der Waals surface area (Å²) in [5, 5.41) is 3.06. The molecule has 0 fully saturated rings. The molecule has 2 rings (SSSR count). The monoisotopic (exact) mass is 343 g/mol. The first-order valence-corrected chi connectivity index (χ1v) is 9.55. The van der Waals surface area contributed by atoms with Gasteiger partial charge in [-0.15, -0.1) is 11.8 Å². The van der Waals surface area contributed by atoms with E-state index < -0.39 is 0 Å². The van der Waals surface area contributed by atoms with E-state index in [2.05, 4.69) is 62.8 Å². The highest BCUT2D eigenvalue weighted by atomic mass is 32.2. The van der Waals surface area contributed by atoms with Crippen molar-refractivity contribution in [2.75, 3.05) is 25.2 Å². The molecule has 2 aromatic rings. The van der Waals surface area contributed by atoms with Gasteiger partial charge in [-0.1, -0.05) is 44.2 Å². The highest BCUT2D eigenvalue weighted by Crippen LogP contribution is 2.23. The second-order valence-corrected chi connectivity index (χ2v) is 7.33. The van der Waals surface area contributed by atoms with Crippen LogP contribution in [0.1, 0.15) is 30.9 Å². The van der Waals surface area contributed by atoms with Gasteiger partial charge in [-0.25, -0.2) is 0 Å². The van der Waals surface area contributed by atoms with Gasteiger partial charge in [0.1, 0.15) is 6.54 Å². The van der Waals surface area contributed by atoms with Gasteiger partial charge in [0.05, 0.1) is 7.05 Å². The molecule has 128 valence electrons. The van der Waals surface area contributed by atoms with Gasteiger partial charge in [0, 0.05) is 16.1 Å². The SMILES string of the molecule is CSc1ccc(C[NH+](C)CC(=O)Nc2ccccc2C(C)C)cc1. The molecule has 0 aliphatic heterocycles. The van der Waals surface area contributed by atoms with E-state index in [0.717, 1.165) is 12.2 Å². The number of rotatable bonds is 7. The highest BCUT2D eigenvalue weighted by molar-refractivity contribution is 7.98. The van der Waals surface area contributed by atoms with E-state index >= 15 is 0 Å². The molecule has 2 aromatic carbocycles. The zero-order valence-electron chi connectivity index (χ0n) is 14.9.